The van der Waals surface area contributed by atoms with E-state index in [4.69, 9.17) is 4.74 Å². The lowest BCUT2D eigenvalue weighted by Crippen LogP contribution is -2.30. The first kappa shape index (κ1) is 22.5. The summed E-state index contributed by atoms with van der Waals surface area (Å²) in [5.41, 5.74) is 2.83. The molecule has 7 nitrogen and oxygen atoms in total. The summed E-state index contributed by atoms with van der Waals surface area (Å²) in [5, 5.41) is 9.38. The van der Waals surface area contributed by atoms with Gasteiger partial charge in [-0.2, -0.15) is 0 Å². The van der Waals surface area contributed by atoms with E-state index in [0.29, 0.717) is 28.2 Å². The lowest BCUT2D eigenvalue weighted by Gasteiger charge is -2.29. The molecule has 0 bridgehead atoms. The van der Waals surface area contributed by atoms with Crippen molar-refractivity contribution in [2.45, 2.75) is 44.6 Å². The maximum absolute atomic E-state index is 13.6. The molecule has 1 saturated carbocycles. The summed E-state index contributed by atoms with van der Waals surface area (Å²) in [6, 6.07) is 6.96. The highest BCUT2D eigenvalue weighted by Gasteiger charge is 2.36. The summed E-state index contributed by atoms with van der Waals surface area (Å²) in [6.07, 6.45) is 4.41. The van der Waals surface area contributed by atoms with E-state index in [2.05, 4.69) is 9.71 Å². The molecule has 3 aromatic rings. The third kappa shape index (κ3) is 4.56. The lowest BCUT2D eigenvalue weighted by molar-refractivity contribution is -0.0581. The number of aromatic amines is 1. The van der Waals surface area contributed by atoms with Gasteiger partial charge in [-0.1, -0.05) is 0 Å². The number of ether oxygens (including phenoxy) is 1. The van der Waals surface area contributed by atoms with Crippen LogP contribution in [-0.2, 0) is 10.1 Å². The number of nitrogens with zero attached hydrogens (tertiary/aromatic N) is 1. The van der Waals surface area contributed by atoms with Crippen molar-refractivity contribution >= 4 is 21.3 Å². The fraction of sp³-hybridized carbons (Fsp3) is 0.409. The van der Waals surface area contributed by atoms with E-state index in [1.54, 1.807) is 28.8 Å². The summed E-state index contributed by atoms with van der Waals surface area (Å²) < 4.78 is 50.3. The number of aliphatic hydroxyl groups is 1. The van der Waals surface area contributed by atoms with Crippen molar-refractivity contribution < 1.29 is 22.8 Å². The second-order valence-corrected chi connectivity index (χ2v) is 11.2. The summed E-state index contributed by atoms with van der Waals surface area (Å²) in [4.78, 5) is 15.0. The predicted octanol–water partition coefficient (Wildman–Crippen LogP) is 3.48. The maximum atomic E-state index is 13.6. The maximum Gasteiger partial charge on any atom is 0.272 e. The van der Waals surface area contributed by atoms with E-state index < -0.39 is 22.0 Å². The number of hydrogen-bond acceptors (Lipinski definition) is 4. The molecule has 1 aliphatic rings. The van der Waals surface area contributed by atoms with E-state index in [9.17, 15) is 22.9 Å². The largest absolute Gasteiger partial charge is 0.490 e. The fourth-order valence-corrected chi connectivity index (χ4v) is 4.84. The van der Waals surface area contributed by atoms with Crippen molar-refractivity contribution in [2.24, 2.45) is 0 Å². The molecule has 0 atom stereocenters. The Bertz CT molecular complexity index is 1240. The van der Waals surface area contributed by atoms with Crippen molar-refractivity contribution in [2.75, 3.05) is 16.9 Å². The molecule has 2 aromatic heterocycles. The topological polar surface area (TPSA) is 95.8 Å². The number of halogens is 2. The van der Waals surface area contributed by atoms with Crippen LogP contribution in [0.15, 0.2) is 41.5 Å². The van der Waals surface area contributed by atoms with Gasteiger partial charge in [0, 0.05) is 42.7 Å². The second kappa shape index (κ2) is 8.32. The number of fused-ring (bicyclic) bond motifs is 1. The van der Waals surface area contributed by atoms with Crippen LogP contribution in [0, 0.1) is 6.92 Å². The summed E-state index contributed by atoms with van der Waals surface area (Å²) in [6.45, 7) is 1.83. The first-order valence-corrected chi connectivity index (χ1v) is 12.8. The van der Waals surface area contributed by atoms with Crippen LogP contribution in [0.25, 0.3) is 16.8 Å². The Morgan fingerprint density at radius 1 is 1.31 bits per heavy atom. The molecule has 3 N–H and O–H groups in total. The normalized spacial score (nSPS) is 17.4. The van der Waals surface area contributed by atoms with Gasteiger partial charge in [-0.3, -0.25) is 9.00 Å². The van der Waals surface area contributed by atoms with Gasteiger partial charge in [0.15, 0.2) is 0 Å². The first-order valence-electron chi connectivity index (χ1n) is 10.4. The van der Waals surface area contributed by atoms with Crippen LogP contribution in [0.3, 0.4) is 0 Å². The molecule has 0 radical (unpaired) electrons. The molecule has 0 saturated heterocycles. The van der Waals surface area contributed by atoms with Crippen LogP contribution in [0.4, 0.5) is 14.5 Å². The summed E-state index contributed by atoms with van der Waals surface area (Å²) in [5.74, 6) is -2.67. The van der Waals surface area contributed by atoms with Crippen LogP contribution in [-0.4, -0.2) is 42.9 Å². The standard InChI is InChI=1S/C22H27F2N3O4S/c1-14-11-18(27-10-9-25-21(29)20(14)27)17-12-15(26-32(2,30)13-28)3-4-19(17)31-16-5-7-22(23,24)8-6-16/h3-4,9-12,16,28,32H,5-8,13H2,1-2H3,(H,25,29)(H,26,30). The van der Waals surface area contributed by atoms with Crippen molar-refractivity contribution in [3.63, 3.8) is 0 Å². The third-order valence-electron chi connectivity index (χ3n) is 5.73. The Kier molecular flexibility index (Phi) is 5.85. The van der Waals surface area contributed by atoms with Gasteiger partial charge < -0.3 is 24.0 Å². The Labute approximate surface area is 185 Å². The number of aromatic nitrogens is 2. The minimum Gasteiger partial charge on any atom is -0.490 e. The van der Waals surface area contributed by atoms with E-state index in [1.807, 2.05) is 13.0 Å². The smallest absolute Gasteiger partial charge is 0.272 e. The van der Waals surface area contributed by atoms with Crippen LogP contribution >= 0.6 is 0 Å². The monoisotopic (exact) mass is 467 g/mol. The molecule has 10 heteroatoms. The van der Waals surface area contributed by atoms with Crippen LogP contribution in [0.1, 0.15) is 31.2 Å². The number of rotatable bonds is 6. The molecule has 1 fully saturated rings. The van der Waals surface area contributed by atoms with Gasteiger partial charge in [0.25, 0.3) is 5.56 Å². The minimum absolute atomic E-state index is 0.218. The zero-order valence-electron chi connectivity index (χ0n) is 17.9. The molecule has 1 aliphatic carbocycles. The Morgan fingerprint density at radius 3 is 2.72 bits per heavy atom. The number of benzene rings is 1. The van der Waals surface area contributed by atoms with Gasteiger partial charge in [0.05, 0.1) is 11.8 Å². The second-order valence-electron chi connectivity index (χ2n) is 8.46. The molecule has 4 rings (SSSR count). The number of alkyl halides is 2. The number of aliphatic hydroxyl groups excluding tert-OH is 1. The molecule has 0 unspecified atom stereocenters. The molecule has 1 aromatic carbocycles. The zero-order chi connectivity index (χ0) is 23.1. The molecule has 174 valence electrons. The van der Waals surface area contributed by atoms with Crippen LogP contribution in [0.5, 0.6) is 5.75 Å². The lowest BCUT2D eigenvalue weighted by atomic mass is 9.94. The average Bonchev–Trinajstić information content (AvgIpc) is 3.08. The summed E-state index contributed by atoms with van der Waals surface area (Å²) >= 11 is 0. The molecule has 0 spiro atoms. The van der Waals surface area contributed by atoms with E-state index in [-0.39, 0.29) is 37.3 Å². The third-order valence-corrected chi connectivity index (χ3v) is 7.00. The Morgan fingerprint density at radius 2 is 2.03 bits per heavy atom. The van der Waals surface area contributed by atoms with Crippen molar-refractivity contribution in [3.05, 3.63) is 52.6 Å². The zero-order valence-corrected chi connectivity index (χ0v) is 18.8. The SMILES string of the molecule is Cc1cc(-c2cc(N[SH](C)(=O)CO)ccc2OC2CCC(F)(F)CC2)n2cc[nH]c(=O)c12. The van der Waals surface area contributed by atoms with Gasteiger partial charge in [0.2, 0.25) is 5.92 Å². The van der Waals surface area contributed by atoms with Crippen LogP contribution in [0.2, 0.25) is 0 Å². The molecule has 0 aliphatic heterocycles. The number of H-pyrrole nitrogens is 1. The van der Waals surface area contributed by atoms with Gasteiger partial charge >= 0.3 is 0 Å². The first-order chi connectivity index (χ1) is 15.1. The van der Waals surface area contributed by atoms with E-state index in [0.717, 1.165) is 5.56 Å². The average molecular weight is 468 g/mol. The molecule has 32 heavy (non-hydrogen) atoms. The Hall–Kier alpha value is -2.72. The highest BCUT2D eigenvalue weighted by atomic mass is 32.3. The van der Waals surface area contributed by atoms with Crippen molar-refractivity contribution in [1.82, 2.24) is 9.38 Å². The molecular weight excluding hydrogens is 440 g/mol. The highest BCUT2D eigenvalue weighted by Crippen LogP contribution is 2.39. The van der Waals surface area contributed by atoms with Crippen LogP contribution < -0.4 is 15.0 Å². The summed E-state index contributed by atoms with van der Waals surface area (Å²) in [7, 11) is -3.00. The number of thiol groups is 1. The predicted molar refractivity (Wildman–Crippen MR) is 122 cm³/mol. The van der Waals surface area contributed by atoms with Crippen molar-refractivity contribution in [1.29, 1.82) is 0 Å². The van der Waals surface area contributed by atoms with Gasteiger partial charge in [0.1, 0.15) is 17.2 Å². The van der Waals surface area contributed by atoms with Gasteiger partial charge in [-0.25, -0.2) is 8.78 Å². The molecule has 2 heterocycles. The number of aryl methyl sites for hydroxylation is 1. The fourth-order valence-electron chi connectivity index (χ4n) is 4.08. The Balaban J connectivity index is 1.78. The van der Waals surface area contributed by atoms with Crippen molar-refractivity contribution in [3.8, 4) is 17.0 Å². The number of anilines is 1. The quantitative estimate of drug-likeness (QED) is 0.418. The van der Waals surface area contributed by atoms with Gasteiger partial charge in [-0.15, -0.1) is 0 Å². The minimum atomic E-state index is -3.00. The van der Waals surface area contributed by atoms with E-state index in [1.165, 1.54) is 12.5 Å². The molecule has 0 amide bonds. The van der Waals surface area contributed by atoms with E-state index >= 15 is 0 Å². The van der Waals surface area contributed by atoms with Gasteiger partial charge in [-0.05, 0) is 59.7 Å². The number of hydrogen-bond donors (Lipinski definition) is 4. The molecular formula is C22H27F2N3O4S. The number of nitrogens with one attached hydrogen (secondary N) is 2. The highest BCUT2D eigenvalue weighted by molar-refractivity contribution is 8.03.